The summed E-state index contributed by atoms with van der Waals surface area (Å²) in [5.41, 5.74) is 0. The second kappa shape index (κ2) is 7.32. The Bertz CT molecular complexity index is 193. The zero-order valence-electron chi connectivity index (χ0n) is 8.65. The first-order valence-electron chi connectivity index (χ1n) is 4.62. The average molecular weight is 203 g/mol. The van der Waals surface area contributed by atoms with Crippen LogP contribution in [0.25, 0.3) is 0 Å². The van der Waals surface area contributed by atoms with E-state index in [1.54, 1.807) is 11.9 Å². The zero-order chi connectivity index (χ0) is 11.0. The van der Waals surface area contributed by atoms with Crippen molar-refractivity contribution in [1.29, 1.82) is 0 Å². The third-order valence-electron chi connectivity index (χ3n) is 1.57. The molecule has 0 aromatic rings. The van der Waals surface area contributed by atoms with E-state index in [9.17, 15) is 9.59 Å². The summed E-state index contributed by atoms with van der Waals surface area (Å²) in [6.45, 7) is 2.84. The molecular formula is C9H17NO4. The van der Waals surface area contributed by atoms with Gasteiger partial charge < -0.3 is 9.84 Å². The summed E-state index contributed by atoms with van der Waals surface area (Å²) in [4.78, 5) is 22.9. The number of nitrogens with zero attached hydrogens (tertiary/aromatic N) is 1. The molecule has 0 radical (unpaired) electrons. The van der Waals surface area contributed by atoms with Gasteiger partial charge in [0, 0.05) is 6.54 Å². The van der Waals surface area contributed by atoms with Crippen molar-refractivity contribution < 1.29 is 19.4 Å². The molecule has 0 fully saturated rings. The molecule has 1 N–H and O–H groups in total. The van der Waals surface area contributed by atoms with Crippen LogP contribution in [0.3, 0.4) is 0 Å². The maximum atomic E-state index is 11.0. The highest BCUT2D eigenvalue weighted by atomic mass is 16.5. The number of esters is 1. The fraction of sp³-hybridized carbons (Fsp3) is 0.778. The van der Waals surface area contributed by atoms with E-state index < -0.39 is 5.97 Å². The molecule has 0 aromatic carbocycles. The van der Waals surface area contributed by atoms with Crippen molar-refractivity contribution in [3.05, 3.63) is 0 Å². The molecule has 0 aromatic heterocycles. The van der Waals surface area contributed by atoms with Gasteiger partial charge in [0.25, 0.3) is 0 Å². The minimum Gasteiger partial charge on any atom is -0.481 e. The van der Waals surface area contributed by atoms with Crippen LogP contribution in [0, 0.1) is 0 Å². The van der Waals surface area contributed by atoms with Crippen LogP contribution in [-0.2, 0) is 14.3 Å². The van der Waals surface area contributed by atoms with Crippen LogP contribution in [0.15, 0.2) is 0 Å². The molecule has 0 heterocycles. The lowest BCUT2D eigenvalue weighted by atomic mass is 10.4. The van der Waals surface area contributed by atoms with Gasteiger partial charge in [-0.2, -0.15) is 0 Å². The van der Waals surface area contributed by atoms with E-state index in [1.165, 1.54) is 0 Å². The van der Waals surface area contributed by atoms with E-state index in [4.69, 9.17) is 9.84 Å². The minimum absolute atomic E-state index is 0.0392. The number of carboxylic acid groups (broad SMARTS) is 1. The predicted octanol–water partition coefficient (Wildman–Crippen LogP) is 0.346. The molecule has 0 rings (SSSR count). The molecule has 0 atom stereocenters. The normalized spacial score (nSPS) is 10.2. The summed E-state index contributed by atoms with van der Waals surface area (Å²) >= 11 is 0. The average Bonchev–Trinajstić information content (AvgIpc) is 2.11. The molecular weight excluding hydrogens is 186 g/mol. The Balaban J connectivity index is 3.55. The maximum Gasteiger partial charge on any atom is 0.320 e. The lowest BCUT2D eigenvalue weighted by Crippen LogP contribution is -2.29. The molecule has 0 amide bonds. The van der Waals surface area contributed by atoms with Gasteiger partial charge >= 0.3 is 11.9 Å². The van der Waals surface area contributed by atoms with E-state index in [0.717, 1.165) is 6.42 Å². The number of rotatable bonds is 7. The van der Waals surface area contributed by atoms with Crippen LogP contribution in [0.2, 0.25) is 0 Å². The molecule has 0 aliphatic heterocycles. The first kappa shape index (κ1) is 12.9. The van der Waals surface area contributed by atoms with Gasteiger partial charge in [-0.05, 0) is 13.5 Å². The van der Waals surface area contributed by atoms with Crippen molar-refractivity contribution in [3.63, 3.8) is 0 Å². The Kier molecular flexibility index (Phi) is 6.74. The van der Waals surface area contributed by atoms with Crippen molar-refractivity contribution in [2.45, 2.75) is 19.8 Å². The van der Waals surface area contributed by atoms with Crippen LogP contribution in [0.5, 0.6) is 0 Å². The maximum absolute atomic E-state index is 11.0. The number of carboxylic acids is 1. The molecule has 0 aliphatic rings. The largest absolute Gasteiger partial charge is 0.481 e. The molecule has 14 heavy (non-hydrogen) atoms. The highest BCUT2D eigenvalue weighted by molar-refractivity contribution is 5.71. The zero-order valence-corrected chi connectivity index (χ0v) is 8.65. The topological polar surface area (TPSA) is 66.8 Å². The highest BCUT2D eigenvalue weighted by Gasteiger charge is 2.08. The Morgan fingerprint density at radius 2 is 2.07 bits per heavy atom. The summed E-state index contributed by atoms with van der Waals surface area (Å²) in [5, 5.41) is 8.40. The smallest absolute Gasteiger partial charge is 0.320 e. The molecule has 0 aliphatic carbocycles. The fourth-order valence-corrected chi connectivity index (χ4v) is 0.847. The third kappa shape index (κ3) is 7.54. The van der Waals surface area contributed by atoms with Crippen LogP contribution in [-0.4, -0.2) is 48.7 Å². The number of hydrogen-bond donors (Lipinski definition) is 1. The Labute approximate surface area is 83.6 Å². The van der Waals surface area contributed by atoms with Crippen LogP contribution >= 0.6 is 0 Å². The third-order valence-corrected chi connectivity index (χ3v) is 1.57. The van der Waals surface area contributed by atoms with Crippen LogP contribution in [0.1, 0.15) is 19.8 Å². The Hall–Kier alpha value is -1.10. The Morgan fingerprint density at radius 3 is 2.57 bits per heavy atom. The highest BCUT2D eigenvalue weighted by Crippen LogP contribution is 1.90. The minimum atomic E-state index is -0.862. The van der Waals surface area contributed by atoms with Crippen molar-refractivity contribution >= 4 is 11.9 Å². The lowest BCUT2D eigenvalue weighted by molar-refractivity contribution is -0.145. The Morgan fingerprint density at radius 1 is 1.43 bits per heavy atom. The molecule has 82 valence electrons. The number of likely N-dealkylation sites (N-methyl/N-ethyl adjacent to an activating group) is 1. The molecule has 0 unspecified atom stereocenters. The number of hydrogen-bond acceptors (Lipinski definition) is 4. The van der Waals surface area contributed by atoms with Crippen molar-refractivity contribution in [3.8, 4) is 0 Å². The SMILES string of the molecule is CCCOC(=O)CN(C)CCC(=O)O. The molecule has 0 saturated heterocycles. The monoisotopic (exact) mass is 203 g/mol. The van der Waals surface area contributed by atoms with Crippen molar-refractivity contribution in [2.75, 3.05) is 26.7 Å². The summed E-state index contributed by atoms with van der Waals surface area (Å²) in [6.07, 6.45) is 0.835. The van der Waals surface area contributed by atoms with Gasteiger partial charge in [-0.25, -0.2) is 0 Å². The van der Waals surface area contributed by atoms with Gasteiger partial charge in [-0.15, -0.1) is 0 Å². The molecule has 0 saturated carbocycles. The lowest BCUT2D eigenvalue weighted by Gasteiger charge is -2.13. The number of carbonyl (C=O) groups excluding carboxylic acids is 1. The van der Waals surface area contributed by atoms with E-state index >= 15 is 0 Å². The van der Waals surface area contributed by atoms with E-state index in [0.29, 0.717) is 13.2 Å². The van der Waals surface area contributed by atoms with E-state index in [-0.39, 0.29) is 18.9 Å². The summed E-state index contributed by atoms with van der Waals surface area (Å²) in [7, 11) is 1.69. The molecule has 5 heteroatoms. The predicted molar refractivity (Wildman–Crippen MR) is 51.0 cm³/mol. The second-order valence-electron chi connectivity index (χ2n) is 3.10. The number of aliphatic carboxylic acids is 1. The second-order valence-corrected chi connectivity index (χ2v) is 3.10. The van der Waals surface area contributed by atoms with Gasteiger partial charge in [-0.1, -0.05) is 6.92 Å². The van der Waals surface area contributed by atoms with Crippen LogP contribution < -0.4 is 0 Å². The summed E-state index contributed by atoms with van der Waals surface area (Å²) < 4.78 is 4.84. The quantitative estimate of drug-likeness (QED) is 0.604. The fourth-order valence-electron chi connectivity index (χ4n) is 0.847. The van der Waals surface area contributed by atoms with Crippen LogP contribution in [0.4, 0.5) is 0 Å². The van der Waals surface area contributed by atoms with Crippen molar-refractivity contribution in [1.82, 2.24) is 4.90 Å². The first-order chi connectivity index (χ1) is 6.56. The van der Waals surface area contributed by atoms with Gasteiger partial charge in [0.1, 0.15) is 0 Å². The summed E-state index contributed by atoms with van der Waals surface area (Å²) in [6, 6.07) is 0. The molecule has 0 spiro atoms. The van der Waals surface area contributed by atoms with E-state index in [1.807, 2.05) is 6.92 Å². The number of ether oxygens (including phenoxy) is 1. The molecule has 5 nitrogen and oxygen atoms in total. The van der Waals surface area contributed by atoms with Gasteiger partial charge in [0.2, 0.25) is 0 Å². The molecule has 0 bridgehead atoms. The van der Waals surface area contributed by atoms with Gasteiger partial charge in [0.05, 0.1) is 19.6 Å². The standard InChI is InChI=1S/C9H17NO4/c1-3-6-14-9(13)7-10(2)5-4-8(11)12/h3-7H2,1-2H3,(H,11,12). The van der Waals surface area contributed by atoms with Crippen molar-refractivity contribution in [2.24, 2.45) is 0 Å². The van der Waals surface area contributed by atoms with E-state index in [2.05, 4.69) is 0 Å². The summed E-state index contributed by atoms with van der Waals surface area (Å²) in [5.74, 6) is -1.17. The number of carbonyl (C=O) groups is 2. The first-order valence-corrected chi connectivity index (χ1v) is 4.62. The van der Waals surface area contributed by atoms with Gasteiger partial charge in [-0.3, -0.25) is 14.5 Å². The van der Waals surface area contributed by atoms with Gasteiger partial charge in [0.15, 0.2) is 0 Å².